The maximum Gasteiger partial charge on any atom is 0.311 e. The van der Waals surface area contributed by atoms with Crippen molar-refractivity contribution in [2.24, 2.45) is 0 Å². The lowest BCUT2D eigenvalue weighted by Gasteiger charge is -2.15. The van der Waals surface area contributed by atoms with Crippen molar-refractivity contribution < 1.29 is 18.7 Å². The standard InChI is InChI=1S/C18H23NO4/c1-10(2)19-18(21)13(5)23-17(20)8-14-9-22-16-7-12(4)11(3)6-15(14)16/h6-7,9-10,13H,8H2,1-5H3,(H,19,21)/t13-/m0/s1. The molecular formula is C18H23NO4. The molecule has 0 fully saturated rings. The SMILES string of the molecule is Cc1cc2occ(CC(=O)O[C@@H](C)C(=O)NC(C)C)c2cc1C. The average Bonchev–Trinajstić information content (AvgIpc) is 2.80. The fourth-order valence-electron chi connectivity index (χ4n) is 2.32. The van der Waals surface area contributed by atoms with Crippen LogP contribution in [-0.4, -0.2) is 24.0 Å². The first-order chi connectivity index (χ1) is 10.8. The number of esters is 1. The van der Waals surface area contributed by atoms with Gasteiger partial charge in [0.05, 0.1) is 12.7 Å². The Kier molecular flexibility index (Phi) is 5.08. The van der Waals surface area contributed by atoms with E-state index in [2.05, 4.69) is 5.32 Å². The number of carbonyl (C=O) groups is 2. The number of furan rings is 1. The summed E-state index contributed by atoms with van der Waals surface area (Å²) in [5.74, 6) is -0.741. The van der Waals surface area contributed by atoms with E-state index in [0.717, 1.165) is 27.7 Å². The molecule has 0 bridgehead atoms. The van der Waals surface area contributed by atoms with E-state index < -0.39 is 12.1 Å². The monoisotopic (exact) mass is 317 g/mol. The molecule has 1 amide bonds. The third kappa shape index (κ3) is 4.12. The lowest BCUT2D eigenvalue weighted by atomic mass is 10.0. The van der Waals surface area contributed by atoms with E-state index in [0.29, 0.717) is 0 Å². The molecule has 0 saturated carbocycles. The van der Waals surface area contributed by atoms with Gasteiger partial charge >= 0.3 is 5.97 Å². The van der Waals surface area contributed by atoms with Crippen LogP contribution < -0.4 is 5.32 Å². The van der Waals surface area contributed by atoms with Crippen LogP contribution in [0.4, 0.5) is 0 Å². The van der Waals surface area contributed by atoms with Crippen LogP contribution in [0.1, 0.15) is 37.5 Å². The Morgan fingerprint density at radius 3 is 2.48 bits per heavy atom. The Bertz CT molecular complexity index is 730. The van der Waals surface area contributed by atoms with Gasteiger partial charge in [-0.15, -0.1) is 0 Å². The predicted octanol–water partition coefficient (Wildman–Crippen LogP) is 3.05. The van der Waals surface area contributed by atoms with Crippen LogP contribution in [0, 0.1) is 13.8 Å². The Morgan fingerprint density at radius 1 is 1.17 bits per heavy atom. The lowest BCUT2D eigenvalue weighted by molar-refractivity contribution is -0.154. The molecule has 0 aliphatic rings. The minimum absolute atomic E-state index is 0.00712. The molecule has 5 nitrogen and oxygen atoms in total. The largest absolute Gasteiger partial charge is 0.464 e. The van der Waals surface area contributed by atoms with Crippen LogP contribution in [-0.2, 0) is 20.7 Å². The van der Waals surface area contributed by atoms with Crippen molar-refractivity contribution in [2.75, 3.05) is 0 Å². The molecule has 2 rings (SSSR count). The molecule has 1 atom stereocenters. The second-order valence-corrected chi connectivity index (χ2v) is 6.17. The Hall–Kier alpha value is -2.30. The number of benzene rings is 1. The zero-order valence-electron chi connectivity index (χ0n) is 14.2. The minimum atomic E-state index is -0.813. The number of amides is 1. The van der Waals surface area contributed by atoms with Crippen molar-refractivity contribution in [1.82, 2.24) is 5.32 Å². The Balaban J connectivity index is 2.06. The summed E-state index contributed by atoms with van der Waals surface area (Å²) in [4.78, 5) is 23.8. The number of hydrogen-bond acceptors (Lipinski definition) is 4. The molecule has 23 heavy (non-hydrogen) atoms. The topological polar surface area (TPSA) is 68.5 Å². The highest BCUT2D eigenvalue weighted by Gasteiger charge is 2.20. The summed E-state index contributed by atoms with van der Waals surface area (Å²) in [5, 5.41) is 3.62. The average molecular weight is 317 g/mol. The maximum absolute atomic E-state index is 12.1. The fraction of sp³-hybridized carbons (Fsp3) is 0.444. The summed E-state index contributed by atoms with van der Waals surface area (Å²) in [5.41, 5.74) is 3.80. The molecule has 1 heterocycles. The Labute approximate surface area is 136 Å². The summed E-state index contributed by atoms with van der Waals surface area (Å²) in [6.45, 7) is 9.31. The summed E-state index contributed by atoms with van der Waals surface area (Å²) >= 11 is 0. The summed E-state index contributed by atoms with van der Waals surface area (Å²) < 4.78 is 10.7. The van der Waals surface area contributed by atoms with Crippen molar-refractivity contribution in [3.63, 3.8) is 0 Å². The summed E-state index contributed by atoms with van der Waals surface area (Å²) in [6.07, 6.45) is 0.838. The quantitative estimate of drug-likeness (QED) is 0.861. The third-order valence-electron chi connectivity index (χ3n) is 3.71. The van der Waals surface area contributed by atoms with Gasteiger partial charge in [0.15, 0.2) is 6.10 Å². The van der Waals surface area contributed by atoms with Crippen LogP contribution in [0.15, 0.2) is 22.8 Å². The number of fused-ring (bicyclic) bond motifs is 1. The molecule has 0 aliphatic carbocycles. The molecule has 2 aromatic rings. The molecule has 1 N–H and O–H groups in total. The van der Waals surface area contributed by atoms with Gasteiger partial charge in [-0.2, -0.15) is 0 Å². The van der Waals surface area contributed by atoms with Gasteiger partial charge in [-0.1, -0.05) is 0 Å². The van der Waals surface area contributed by atoms with Crippen LogP contribution in [0.5, 0.6) is 0 Å². The first-order valence-corrected chi connectivity index (χ1v) is 7.75. The number of rotatable bonds is 5. The highest BCUT2D eigenvalue weighted by molar-refractivity contribution is 5.88. The summed E-state index contributed by atoms with van der Waals surface area (Å²) in [6, 6.07) is 3.97. The van der Waals surface area contributed by atoms with Crippen LogP contribution in [0.2, 0.25) is 0 Å². The molecule has 1 aromatic heterocycles. The number of nitrogens with one attached hydrogen (secondary N) is 1. The number of aryl methyl sites for hydroxylation is 2. The lowest BCUT2D eigenvalue weighted by Crippen LogP contribution is -2.39. The van der Waals surface area contributed by atoms with Crippen molar-refractivity contribution >= 4 is 22.8 Å². The highest BCUT2D eigenvalue weighted by atomic mass is 16.5. The van der Waals surface area contributed by atoms with E-state index in [4.69, 9.17) is 9.15 Å². The molecule has 0 unspecified atom stereocenters. The van der Waals surface area contributed by atoms with E-state index in [9.17, 15) is 9.59 Å². The van der Waals surface area contributed by atoms with Gasteiger partial charge in [-0.05, 0) is 57.9 Å². The van der Waals surface area contributed by atoms with Gasteiger partial charge in [0.2, 0.25) is 0 Å². The fourth-order valence-corrected chi connectivity index (χ4v) is 2.32. The van der Waals surface area contributed by atoms with Crippen LogP contribution in [0.3, 0.4) is 0 Å². The molecule has 5 heteroatoms. The molecular weight excluding hydrogens is 294 g/mol. The molecule has 0 saturated heterocycles. The van der Waals surface area contributed by atoms with Crippen LogP contribution in [0.25, 0.3) is 11.0 Å². The minimum Gasteiger partial charge on any atom is -0.464 e. The second-order valence-electron chi connectivity index (χ2n) is 6.17. The zero-order chi connectivity index (χ0) is 17.1. The Morgan fingerprint density at radius 2 is 1.83 bits per heavy atom. The summed E-state index contributed by atoms with van der Waals surface area (Å²) in [7, 11) is 0. The van der Waals surface area contributed by atoms with Crippen molar-refractivity contribution in [3.8, 4) is 0 Å². The van der Waals surface area contributed by atoms with Gasteiger partial charge in [-0.25, -0.2) is 0 Å². The van der Waals surface area contributed by atoms with E-state index in [1.165, 1.54) is 0 Å². The molecule has 0 aliphatic heterocycles. The van der Waals surface area contributed by atoms with Gasteiger partial charge in [0.1, 0.15) is 5.58 Å². The second kappa shape index (κ2) is 6.86. The van der Waals surface area contributed by atoms with Gasteiger partial charge < -0.3 is 14.5 Å². The first-order valence-electron chi connectivity index (χ1n) is 7.75. The van der Waals surface area contributed by atoms with Crippen molar-refractivity contribution in [3.05, 3.63) is 35.1 Å². The normalized spacial score (nSPS) is 12.4. The maximum atomic E-state index is 12.1. The number of hydrogen-bond donors (Lipinski definition) is 1. The third-order valence-corrected chi connectivity index (χ3v) is 3.71. The van der Waals surface area contributed by atoms with Gasteiger partial charge in [0.25, 0.3) is 5.91 Å². The smallest absolute Gasteiger partial charge is 0.311 e. The van der Waals surface area contributed by atoms with E-state index in [-0.39, 0.29) is 18.4 Å². The molecule has 0 radical (unpaired) electrons. The van der Waals surface area contributed by atoms with E-state index in [1.54, 1.807) is 13.2 Å². The van der Waals surface area contributed by atoms with E-state index >= 15 is 0 Å². The predicted molar refractivity (Wildman–Crippen MR) is 88.2 cm³/mol. The van der Waals surface area contributed by atoms with E-state index in [1.807, 2.05) is 39.8 Å². The number of carbonyl (C=O) groups excluding carboxylic acids is 2. The van der Waals surface area contributed by atoms with Crippen LogP contribution >= 0.6 is 0 Å². The van der Waals surface area contributed by atoms with Gasteiger partial charge in [0, 0.05) is 17.0 Å². The molecule has 0 spiro atoms. The van der Waals surface area contributed by atoms with Gasteiger partial charge in [-0.3, -0.25) is 9.59 Å². The first kappa shape index (κ1) is 17.1. The highest BCUT2D eigenvalue weighted by Crippen LogP contribution is 2.25. The number of ether oxygens (including phenoxy) is 1. The molecule has 1 aromatic carbocycles. The van der Waals surface area contributed by atoms with Crippen molar-refractivity contribution in [1.29, 1.82) is 0 Å². The molecule has 124 valence electrons. The van der Waals surface area contributed by atoms with Crippen molar-refractivity contribution in [2.45, 2.75) is 53.2 Å². The zero-order valence-corrected chi connectivity index (χ0v) is 14.2.